The zero-order valence-electron chi connectivity index (χ0n) is 8.67. The van der Waals surface area contributed by atoms with E-state index in [4.69, 9.17) is 10.00 Å². The normalized spacial score (nSPS) is 16.6. The first kappa shape index (κ1) is 11.4. The molecule has 4 heteroatoms. The summed E-state index contributed by atoms with van der Waals surface area (Å²) in [6.45, 7) is 0.533. The fourth-order valence-electron chi connectivity index (χ4n) is 1.54. The molecule has 2 rings (SSSR count). The van der Waals surface area contributed by atoms with Crippen LogP contribution >= 0.6 is 15.9 Å². The summed E-state index contributed by atoms with van der Waals surface area (Å²) < 4.78 is 19.0. The molecule has 1 saturated carbocycles. The number of nitriles is 1. The molecule has 0 spiro atoms. The van der Waals surface area contributed by atoms with Crippen LogP contribution in [0.3, 0.4) is 0 Å². The average molecular weight is 284 g/mol. The summed E-state index contributed by atoms with van der Waals surface area (Å²) in [5.74, 6) is 0.336. The van der Waals surface area contributed by atoms with E-state index in [1.54, 1.807) is 6.07 Å². The first-order valence-electron chi connectivity index (χ1n) is 5.10. The molecule has 1 aromatic carbocycles. The quantitative estimate of drug-likeness (QED) is 0.845. The Balaban J connectivity index is 1.98. The second kappa shape index (κ2) is 4.42. The Bertz CT molecular complexity index is 437. The molecule has 0 bridgehead atoms. The molecule has 2 nitrogen and oxygen atoms in total. The maximum absolute atomic E-state index is 12.8. The molecule has 0 radical (unpaired) electrons. The number of nitrogens with zero attached hydrogens (tertiary/aromatic N) is 1. The Morgan fingerprint density at radius 3 is 2.81 bits per heavy atom. The highest BCUT2D eigenvalue weighted by atomic mass is 79.9. The van der Waals surface area contributed by atoms with Crippen molar-refractivity contribution in [2.75, 3.05) is 6.61 Å². The van der Waals surface area contributed by atoms with Crippen LogP contribution in [-0.4, -0.2) is 6.61 Å². The Labute approximate surface area is 102 Å². The summed E-state index contributed by atoms with van der Waals surface area (Å²) in [6.07, 6.45) is 2.62. The van der Waals surface area contributed by atoms with Crippen LogP contribution in [0.25, 0.3) is 0 Å². The van der Waals surface area contributed by atoms with Crippen LogP contribution in [0.4, 0.5) is 4.39 Å². The molecule has 0 aliphatic heterocycles. The number of ether oxygens (including phenoxy) is 1. The lowest BCUT2D eigenvalue weighted by Gasteiger charge is -2.13. The van der Waals surface area contributed by atoms with Crippen LogP contribution in [0.2, 0.25) is 0 Å². The first-order chi connectivity index (χ1) is 7.65. The van der Waals surface area contributed by atoms with Crippen LogP contribution < -0.4 is 4.74 Å². The largest absolute Gasteiger partial charge is 0.492 e. The van der Waals surface area contributed by atoms with Crippen LogP contribution in [0.5, 0.6) is 5.75 Å². The topological polar surface area (TPSA) is 33.0 Å². The summed E-state index contributed by atoms with van der Waals surface area (Å²) in [4.78, 5) is 0. The molecule has 0 aromatic heterocycles. The standard InChI is InChI=1S/C12H11BrFNO/c13-10-7-9(14)1-2-11(10)16-8-12(3-4-12)5-6-15/h1-2,7H,3-5,8H2. The van der Waals surface area contributed by atoms with Gasteiger partial charge in [0.2, 0.25) is 0 Å². The maximum atomic E-state index is 12.8. The third-order valence-electron chi connectivity index (χ3n) is 2.84. The minimum atomic E-state index is -0.294. The average Bonchev–Trinajstić information content (AvgIpc) is 2.98. The first-order valence-corrected chi connectivity index (χ1v) is 5.89. The Hall–Kier alpha value is -1.08. The van der Waals surface area contributed by atoms with Gasteiger partial charge in [-0.1, -0.05) is 0 Å². The summed E-state index contributed by atoms with van der Waals surface area (Å²) in [5.41, 5.74) is 0.0442. The molecule has 0 amide bonds. The van der Waals surface area contributed by atoms with Gasteiger partial charge in [0.05, 0.1) is 17.1 Å². The van der Waals surface area contributed by atoms with E-state index in [0.29, 0.717) is 23.2 Å². The molecule has 16 heavy (non-hydrogen) atoms. The van der Waals surface area contributed by atoms with Gasteiger partial charge in [0.1, 0.15) is 11.6 Å². The van der Waals surface area contributed by atoms with Gasteiger partial charge in [0.25, 0.3) is 0 Å². The van der Waals surface area contributed by atoms with Crippen molar-refractivity contribution in [3.05, 3.63) is 28.5 Å². The van der Waals surface area contributed by atoms with E-state index in [2.05, 4.69) is 22.0 Å². The van der Waals surface area contributed by atoms with Gasteiger partial charge >= 0.3 is 0 Å². The van der Waals surface area contributed by atoms with Gasteiger partial charge < -0.3 is 4.74 Å². The highest BCUT2D eigenvalue weighted by molar-refractivity contribution is 9.10. The van der Waals surface area contributed by atoms with Gasteiger partial charge in [-0.2, -0.15) is 5.26 Å². The van der Waals surface area contributed by atoms with Crippen molar-refractivity contribution in [3.63, 3.8) is 0 Å². The van der Waals surface area contributed by atoms with E-state index in [-0.39, 0.29) is 11.2 Å². The lowest BCUT2D eigenvalue weighted by molar-refractivity contribution is 0.235. The predicted octanol–water partition coefficient (Wildman–Crippen LogP) is 3.66. The van der Waals surface area contributed by atoms with Gasteiger partial charge in [-0.25, -0.2) is 4.39 Å². The molecule has 0 N–H and O–H groups in total. The van der Waals surface area contributed by atoms with Crippen molar-refractivity contribution in [2.45, 2.75) is 19.3 Å². The van der Waals surface area contributed by atoms with Crippen molar-refractivity contribution < 1.29 is 9.13 Å². The SMILES string of the molecule is N#CCC1(COc2ccc(F)cc2Br)CC1. The number of rotatable bonds is 4. The monoisotopic (exact) mass is 283 g/mol. The number of hydrogen-bond acceptors (Lipinski definition) is 2. The van der Waals surface area contributed by atoms with E-state index >= 15 is 0 Å². The highest BCUT2D eigenvalue weighted by Crippen LogP contribution is 2.49. The summed E-state index contributed by atoms with van der Waals surface area (Å²) >= 11 is 3.24. The molecule has 1 aromatic rings. The number of benzene rings is 1. The Morgan fingerprint density at radius 1 is 1.50 bits per heavy atom. The van der Waals surface area contributed by atoms with E-state index in [1.807, 2.05) is 0 Å². The van der Waals surface area contributed by atoms with Crippen molar-refractivity contribution in [2.24, 2.45) is 5.41 Å². The predicted molar refractivity (Wildman–Crippen MR) is 61.5 cm³/mol. The van der Waals surface area contributed by atoms with Crippen LogP contribution in [0, 0.1) is 22.6 Å². The van der Waals surface area contributed by atoms with Gasteiger partial charge in [-0.05, 0) is 47.0 Å². The lowest BCUT2D eigenvalue weighted by Crippen LogP contribution is -2.12. The summed E-state index contributed by atoms with van der Waals surface area (Å²) in [5, 5.41) is 8.67. The molecule has 0 atom stereocenters. The fraction of sp³-hybridized carbons (Fsp3) is 0.417. The van der Waals surface area contributed by atoms with Crippen molar-refractivity contribution in [3.8, 4) is 11.8 Å². The second-order valence-corrected chi connectivity index (χ2v) is 5.05. The van der Waals surface area contributed by atoms with Crippen LogP contribution in [0.1, 0.15) is 19.3 Å². The summed E-state index contributed by atoms with van der Waals surface area (Å²) in [7, 11) is 0. The minimum absolute atomic E-state index is 0.0442. The van der Waals surface area contributed by atoms with Gasteiger partial charge in [0.15, 0.2) is 0 Å². The molecule has 0 saturated heterocycles. The molecule has 1 aliphatic carbocycles. The molecule has 0 heterocycles. The molecular formula is C12H11BrFNO. The minimum Gasteiger partial charge on any atom is -0.492 e. The fourth-order valence-corrected chi connectivity index (χ4v) is 2.01. The van der Waals surface area contributed by atoms with Gasteiger partial charge in [0, 0.05) is 11.8 Å². The zero-order valence-corrected chi connectivity index (χ0v) is 10.3. The number of halogens is 2. The third kappa shape index (κ3) is 2.53. The van der Waals surface area contributed by atoms with Crippen LogP contribution in [0.15, 0.2) is 22.7 Å². The number of hydrogen-bond donors (Lipinski definition) is 0. The highest BCUT2D eigenvalue weighted by Gasteiger charge is 2.43. The summed E-state index contributed by atoms with van der Waals surface area (Å²) in [6, 6.07) is 6.52. The lowest BCUT2D eigenvalue weighted by atomic mass is 10.1. The van der Waals surface area contributed by atoms with Gasteiger partial charge in [-0.15, -0.1) is 0 Å². The second-order valence-electron chi connectivity index (χ2n) is 4.20. The Morgan fingerprint density at radius 2 is 2.25 bits per heavy atom. The smallest absolute Gasteiger partial charge is 0.133 e. The molecular weight excluding hydrogens is 273 g/mol. The van der Waals surface area contributed by atoms with Crippen LogP contribution in [-0.2, 0) is 0 Å². The van der Waals surface area contributed by atoms with E-state index in [9.17, 15) is 4.39 Å². The zero-order chi connectivity index (χ0) is 11.6. The third-order valence-corrected chi connectivity index (χ3v) is 3.46. The van der Waals surface area contributed by atoms with Gasteiger partial charge in [-0.3, -0.25) is 0 Å². The molecule has 1 aliphatic rings. The van der Waals surface area contributed by atoms with E-state index < -0.39 is 0 Å². The van der Waals surface area contributed by atoms with Crippen molar-refractivity contribution in [1.29, 1.82) is 5.26 Å². The molecule has 84 valence electrons. The van der Waals surface area contributed by atoms with Crippen molar-refractivity contribution in [1.82, 2.24) is 0 Å². The molecule has 0 unspecified atom stereocenters. The van der Waals surface area contributed by atoms with E-state index in [0.717, 1.165) is 12.8 Å². The molecule has 1 fully saturated rings. The van der Waals surface area contributed by atoms with Crippen molar-refractivity contribution >= 4 is 15.9 Å². The Kier molecular flexibility index (Phi) is 3.15. The van der Waals surface area contributed by atoms with E-state index in [1.165, 1.54) is 12.1 Å². The maximum Gasteiger partial charge on any atom is 0.133 e.